The number of benzene rings is 1. The number of hydrogen-bond donors (Lipinski definition) is 8. The second-order valence-corrected chi connectivity index (χ2v) is 6.93. The van der Waals surface area contributed by atoms with Gasteiger partial charge >= 0.3 is 5.97 Å². The summed E-state index contributed by atoms with van der Waals surface area (Å²) in [6.45, 7) is 0.752. The molecule has 4 atom stereocenters. The number of phenolic OH excluding ortho intramolecular Hbond substituents is 1. The van der Waals surface area contributed by atoms with Gasteiger partial charge in [-0.25, -0.2) is 4.79 Å². The molecule has 1 aromatic rings. The monoisotopic (exact) mass is 442 g/mol. The summed E-state index contributed by atoms with van der Waals surface area (Å²) in [6, 6.07) is 2.06. The van der Waals surface area contributed by atoms with Gasteiger partial charge in [0.1, 0.15) is 17.8 Å². The number of hydrogen-bond acceptors (Lipinski definition) is 8. The number of carbonyl (C=O) groups is 4. The Balaban J connectivity index is 2.73. The molecule has 0 saturated heterocycles. The molecule has 0 bridgehead atoms. The minimum Gasteiger partial charge on any atom is -0.508 e. The van der Waals surface area contributed by atoms with Crippen molar-refractivity contribution >= 4 is 36.3 Å². The van der Waals surface area contributed by atoms with Gasteiger partial charge in [-0.3, -0.25) is 14.4 Å². The van der Waals surface area contributed by atoms with E-state index in [9.17, 15) is 34.5 Å². The smallest absolute Gasteiger partial charge is 0.326 e. The van der Waals surface area contributed by atoms with E-state index in [4.69, 9.17) is 5.73 Å². The molecule has 0 aliphatic carbocycles. The van der Waals surface area contributed by atoms with Gasteiger partial charge < -0.3 is 37.0 Å². The number of nitrogens with one attached hydrogen (secondary N) is 3. The molecule has 11 nitrogen and oxygen atoms in total. The largest absolute Gasteiger partial charge is 0.508 e. The lowest BCUT2D eigenvalue weighted by atomic mass is 10.0. The minimum absolute atomic E-state index is 0.00830. The molecule has 166 valence electrons. The predicted octanol–water partition coefficient (Wildman–Crippen LogP) is -2.26. The fraction of sp³-hybridized carbons (Fsp3) is 0.444. The molecule has 8 N–H and O–H groups in total. The van der Waals surface area contributed by atoms with Crippen molar-refractivity contribution in [3.63, 3.8) is 0 Å². The Labute approximate surface area is 178 Å². The summed E-state index contributed by atoms with van der Waals surface area (Å²) in [7, 11) is 0. The highest BCUT2D eigenvalue weighted by Gasteiger charge is 2.30. The zero-order valence-corrected chi connectivity index (χ0v) is 17.1. The Morgan fingerprint density at radius 2 is 1.70 bits per heavy atom. The van der Waals surface area contributed by atoms with Crippen LogP contribution in [0.3, 0.4) is 0 Å². The summed E-state index contributed by atoms with van der Waals surface area (Å²) >= 11 is 3.86. The van der Waals surface area contributed by atoms with Gasteiger partial charge in [0, 0.05) is 12.2 Å². The fourth-order valence-corrected chi connectivity index (χ4v) is 2.51. The number of carbonyl (C=O) groups excluding carboxylic acids is 3. The van der Waals surface area contributed by atoms with E-state index < -0.39 is 54.5 Å². The molecule has 1 aromatic carbocycles. The van der Waals surface area contributed by atoms with Crippen LogP contribution in [0.5, 0.6) is 5.75 Å². The average molecular weight is 442 g/mol. The van der Waals surface area contributed by atoms with Gasteiger partial charge in [-0.05, 0) is 24.6 Å². The van der Waals surface area contributed by atoms with E-state index in [1.165, 1.54) is 31.2 Å². The van der Waals surface area contributed by atoms with Crippen molar-refractivity contribution in [3.8, 4) is 5.75 Å². The highest BCUT2D eigenvalue weighted by Crippen LogP contribution is 2.11. The van der Waals surface area contributed by atoms with E-state index in [-0.39, 0.29) is 17.9 Å². The fourth-order valence-electron chi connectivity index (χ4n) is 2.34. The number of rotatable bonds is 11. The topological polar surface area (TPSA) is 191 Å². The first kappa shape index (κ1) is 25.2. The molecule has 0 radical (unpaired) electrons. The highest BCUT2D eigenvalue weighted by molar-refractivity contribution is 7.80. The van der Waals surface area contributed by atoms with Gasteiger partial charge in [-0.1, -0.05) is 12.1 Å². The molecular formula is C18H26N4O7S. The van der Waals surface area contributed by atoms with Gasteiger partial charge in [0.25, 0.3) is 0 Å². The summed E-state index contributed by atoms with van der Waals surface area (Å²) in [5.41, 5.74) is 6.00. The summed E-state index contributed by atoms with van der Waals surface area (Å²) in [5.74, 6) is -3.54. The van der Waals surface area contributed by atoms with Crippen molar-refractivity contribution in [3.05, 3.63) is 29.8 Å². The molecule has 0 fully saturated rings. The standard InChI is InChI=1S/C18H26N4O7S/c1-9(23)15(22-14(25)7-20-16(26)12(19)8-30)17(27)21-13(18(28)29)6-10-2-4-11(24)5-3-10/h2-5,9,12-13,15,23-24,30H,6-8,19H2,1H3,(H,20,26)(H,21,27)(H,22,25)(H,28,29). The van der Waals surface area contributed by atoms with Crippen molar-refractivity contribution in [2.45, 2.75) is 37.6 Å². The molecule has 12 heteroatoms. The Bertz CT molecular complexity index is 757. The van der Waals surface area contributed by atoms with Crippen LogP contribution in [0.4, 0.5) is 0 Å². The predicted molar refractivity (Wildman–Crippen MR) is 110 cm³/mol. The molecule has 0 spiro atoms. The lowest BCUT2D eigenvalue weighted by molar-refractivity contribution is -0.142. The number of aromatic hydroxyl groups is 1. The van der Waals surface area contributed by atoms with Crippen LogP contribution in [0.2, 0.25) is 0 Å². The van der Waals surface area contributed by atoms with Crippen LogP contribution in [0, 0.1) is 0 Å². The minimum atomic E-state index is -1.45. The van der Waals surface area contributed by atoms with Crippen molar-refractivity contribution in [2.75, 3.05) is 12.3 Å². The highest BCUT2D eigenvalue weighted by atomic mass is 32.1. The first-order valence-electron chi connectivity index (χ1n) is 8.97. The first-order valence-corrected chi connectivity index (χ1v) is 9.61. The molecule has 0 saturated carbocycles. The molecule has 3 amide bonds. The Kier molecular flexibility index (Phi) is 10.1. The van der Waals surface area contributed by atoms with E-state index in [0.29, 0.717) is 5.56 Å². The second-order valence-electron chi connectivity index (χ2n) is 6.56. The van der Waals surface area contributed by atoms with Gasteiger partial charge in [-0.15, -0.1) is 0 Å². The molecule has 0 heterocycles. The van der Waals surface area contributed by atoms with Gasteiger partial charge in [0.15, 0.2) is 0 Å². The van der Waals surface area contributed by atoms with Crippen LogP contribution in [0.15, 0.2) is 24.3 Å². The summed E-state index contributed by atoms with van der Waals surface area (Å²) in [6.07, 6.45) is -1.42. The summed E-state index contributed by atoms with van der Waals surface area (Å²) in [4.78, 5) is 47.6. The molecule has 0 aliphatic rings. The third-order valence-electron chi connectivity index (χ3n) is 4.03. The molecular weight excluding hydrogens is 416 g/mol. The molecule has 4 unspecified atom stereocenters. The Morgan fingerprint density at radius 3 is 2.20 bits per heavy atom. The number of carboxylic acids is 1. The zero-order chi connectivity index (χ0) is 22.8. The van der Waals surface area contributed by atoms with E-state index in [2.05, 4.69) is 28.6 Å². The van der Waals surface area contributed by atoms with Gasteiger partial charge in [-0.2, -0.15) is 12.6 Å². The third-order valence-corrected chi connectivity index (χ3v) is 4.42. The molecule has 1 rings (SSSR count). The second kappa shape index (κ2) is 12.0. The van der Waals surface area contributed by atoms with E-state index in [0.717, 1.165) is 0 Å². The average Bonchev–Trinajstić information content (AvgIpc) is 2.70. The molecule has 0 aliphatic heterocycles. The normalized spacial score (nSPS) is 14.7. The molecule has 30 heavy (non-hydrogen) atoms. The number of nitrogens with two attached hydrogens (primary N) is 1. The summed E-state index contributed by atoms with van der Waals surface area (Å²) in [5, 5.41) is 35.3. The van der Waals surface area contributed by atoms with Crippen LogP contribution in [-0.2, 0) is 25.6 Å². The Morgan fingerprint density at radius 1 is 1.10 bits per heavy atom. The number of aliphatic carboxylic acids is 1. The maximum Gasteiger partial charge on any atom is 0.326 e. The number of carboxylic acid groups (broad SMARTS) is 1. The Hall–Kier alpha value is -2.83. The lowest BCUT2D eigenvalue weighted by Crippen LogP contribution is -2.57. The van der Waals surface area contributed by atoms with Gasteiger partial charge in [0.2, 0.25) is 17.7 Å². The molecule has 0 aromatic heterocycles. The first-order chi connectivity index (χ1) is 14.0. The van der Waals surface area contributed by atoms with E-state index >= 15 is 0 Å². The van der Waals surface area contributed by atoms with Crippen LogP contribution < -0.4 is 21.7 Å². The van der Waals surface area contributed by atoms with Crippen LogP contribution >= 0.6 is 12.6 Å². The van der Waals surface area contributed by atoms with Crippen LogP contribution in [-0.4, -0.2) is 75.5 Å². The number of thiol groups is 1. The zero-order valence-electron chi connectivity index (χ0n) is 16.2. The van der Waals surface area contributed by atoms with Crippen molar-refractivity contribution in [2.24, 2.45) is 5.73 Å². The van der Waals surface area contributed by atoms with Crippen LogP contribution in [0.25, 0.3) is 0 Å². The van der Waals surface area contributed by atoms with Crippen molar-refractivity contribution in [1.29, 1.82) is 0 Å². The van der Waals surface area contributed by atoms with E-state index in [1.54, 1.807) is 0 Å². The summed E-state index contributed by atoms with van der Waals surface area (Å²) < 4.78 is 0. The van der Waals surface area contributed by atoms with Gasteiger partial charge in [0.05, 0.1) is 18.7 Å². The number of phenols is 1. The number of aliphatic hydroxyl groups is 1. The van der Waals surface area contributed by atoms with Crippen molar-refractivity contribution in [1.82, 2.24) is 16.0 Å². The van der Waals surface area contributed by atoms with E-state index in [1.807, 2.05) is 0 Å². The lowest BCUT2D eigenvalue weighted by Gasteiger charge is -2.23. The number of amides is 3. The SMILES string of the molecule is CC(O)C(NC(=O)CNC(=O)C(N)CS)C(=O)NC(Cc1ccc(O)cc1)C(=O)O. The maximum absolute atomic E-state index is 12.5. The third kappa shape index (κ3) is 8.27. The van der Waals surface area contributed by atoms with Crippen molar-refractivity contribution < 1.29 is 34.5 Å². The maximum atomic E-state index is 12.5. The van der Waals surface area contributed by atoms with Crippen LogP contribution in [0.1, 0.15) is 12.5 Å². The quantitative estimate of drug-likeness (QED) is 0.176. The number of aliphatic hydroxyl groups excluding tert-OH is 1.